The Morgan fingerprint density at radius 3 is 2.37 bits per heavy atom. The van der Waals surface area contributed by atoms with Crippen molar-refractivity contribution in [2.24, 2.45) is 5.41 Å². The van der Waals surface area contributed by atoms with Crippen LogP contribution >= 0.6 is 11.3 Å². The van der Waals surface area contributed by atoms with Crippen LogP contribution in [0.4, 0.5) is 0 Å². The molecule has 0 aliphatic carbocycles. The number of nitrogens with zero attached hydrogens (tertiary/aromatic N) is 2. The van der Waals surface area contributed by atoms with E-state index in [2.05, 4.69) is 15.6 Å². The fourth-order valence-corrected chi connectivity index (χ4v) is 6.03. The van der Waals surface area contributed by atoms with Crippen molar-refractivity contribution in [1.29, 1.82) is 0 Å². The van der Waals surface area contributed by atoms with Crippen molar-refractivity contribution in [3.05, 3.63) is 41.0 Å². The zero-order chi connectivity index (χ0) is 31.7. The lowest BCUT2D eigenvalue weighted by atomic mass is 9.85. The molecule has 236 valence electrons. The summed E-state index contributed by atoms with van der Waals surface area (Å²) in [5.41, 5.74) is 4.13. The Kier molecular flexibility index (Phi) is 12.3. The third-order valence-electron chi connectivity index (χ3n) is 7.65. The van der Waals surface area contributed by atoms with E-state index in [1.807, 2.05) is 64.4 Å². The molecule has 11 heteroatoms. The van der Waals surface area contributed by atoms with Gasteiger partial charge in [0, 0.05) is 25.8 Å². The minimum Gasteiger partial charge on any atom is -0.466 e. The zero-order valence-electron chi connectivity index (χ0n) is 26.1. The summed E-state index contributed by atoms with van der Waals surface area (Å²) in [6, 6.07) is 5.90. The van der Waals surface area contributed by atoms with Gasteiger partial charge in [-0.05, 0) is 50.2 Å². The normalized spacial score (nSPS) is 18.2. The van der Waals surface area contributed by atoms with Crippen LogP contribution in [0.2, 0.25) is 0 Å². The maximum absolute atomic E-state index is 13.8. The second-order valence-electron chi connectivity index (χ2n) is 12.2. The number of hydrogen-bond donors (Lipinski definition) is 3. The first-order chi connectivity index (χ1) is 20.3. The number of β-amino-alcohol motifs (C(OH)–C–C–N with tert-alkyl or cyclic N) is 1. The summed E-state index contributed by atoms with van der Waals surface area (Å²) < 4.78 is 4.92. The van der Waals surface area contributed by atoms with Crippen LogP contribution in [0.3, 0.4) is 0 Å². The van der Waals surface area contributed by atoms with E-state index < -0.39 is 29.5 Å². The molecule has 1 aliphatic rings. The third-order valence-corrected chi connectivity index (χ3v) is 8.63. The van der Waals surface area contributed by atoms with E-state index in [9.17, 15) is 24.3 Å². The number of aliphatic hydroxyl groups excluding tert-OH is 1. The van der Waals surface area contributed by atoms with Crippen LogP contribution in [0, 0.1) is 12.3 Å². The first-order valence-electron chi connectivity index (χ1n) is 15.1. The van der Waals surface area contributed by atoms with Crippen molar-refractivity contribution in [2.45, 2.75) is 104 Å². The van der Waals surface area contributed by atoms with Crippen LogP contribution in [-0.4, -0.2) is 70.0 Å². The fraction of sp³-hybridized carbons (Fsp3) is 0.594. The standard InChI is InChI=1S/C32H46N4O6S/c1-7-42-27(39)12-10-8-9-11-26(38)35-29(32(4,5)6)31(41)36-18-24(37)17-25(36)30(40)34-20(2)22-13-15-23(16-14-22)28-21(3)33-19-43-28/h13-16,19-20,24-25,29,37H,7-12,17-18H2,1-6H3,(H,34,40)(H,35,38)/t20-,24-,25+,29+/m0/s1. The lowest BCUT2D eigenvalue weighted by Gasteiger charge is -2.35. The summed E-state index contributed by atoms with van der Waals surface area (Å²) in [6.07, 6.45) is 1.71. The largest absolute Gasteiger partial charge is 0.466 e. The molecule has 3 amide bonds. The Labute approximate surface area is 258 Å². The number of aromatic nitrogens is 1. The number of aryl methyl sites for hydroxylation is 1. The summed E-state index contributed by atoms with van der Waals surface area (Å²) in [4.78, 5) is 58.4. The van der Waals surface area contributed by atoms with Crippen LogP contribution in [0.25, 0.3) is 10.4 Å². The number of esters is 1. The predicted molar refractivity (Wildman–Crippen MR) is 166 cm³/mol. The van der Waals surface area contributed by atoms with Gasteiger partial charge in [-0.25, -0.2) is 4.98 Å². The van der Waals surface area contributed by atoms with E-state index in [1.54, 1.807) is 18.3 Å². The molecule has 1 aromatic heterocycles. The van der Waals surface area contributed by atoms with E-state index in [-0.39, 0.29) is 43.2 Å². The molecule has 3 N–H and O–H groups in total. The second-order valence-corrected chi connectivity index (χ2v) is 13.1. The molecule has 1 saturated heterocycles. The number of likely N-dealkylation sites (tertiary alicyclic amines) is 1. The van der Waals surface area contributed by atoms with Gasteiger partial charge in [0.25, 0.3) is 0 Å². The molecule has 3 rings (SSSR count). The van der Waals surface area contributed by atoms with Crippen molar-refractivity contribution >= 4 is 35.0 Å². The highest BCUT2D eigenvalue weighted by Gasteiger charge is 2.44. The maximum Gasteiger partial charge on any atom is 0.305 e. The van der Waals surface area contributed by atoms with Crippen LogP contribution in [-0.2, 0) is 23.9 Å². The Bertz CT molecular complexity index is 1260. The first-order valence-corrected chi connectivity index (χ1v) is 15.9. The number of hydrogen-bond acceptors (Lipinski definition) is 8. The number of carbonyl (C=O) groups is 4. The smallest absolute Gasteiger partial charge is 0.305 e. The van der Waals surface area contributed by atoms with Crippen molar-refractivity contribution in [3.8, 4) is 10.4 Å². The molecular formula is C32H46N4O6S. The molecule has 0 bridgehead atoms. The van der Waals surface area contributed by atoms with Gasteiger partial charge in [-0.3, -0.25) is 19.2 Å². The average Bonchev–Trinajstić information content (AvgIpc) is 3.56. The van der Waals surface area contributed by atoms with Gasteiger partial charge in [0.05, 0.1) is 34.8 Å². The number of rotatable bonds is 13. The molecule has 2 aromatic rings. The first kappa shape index (κ1) is 34.2. The Hall–Kier alpha value is -3.31. The number of benzene rings is 1. The maximum atomic E-state index is 13.8. The quantitative estimate of drug-likeness (QED) is 0.226. The van der Waals surface area contributed by atoms with E-state index in [0.717, 1.165) is 21.7 Å². The number of aliphatic hydroxyl groups is 1. The zero-order valence-corrected chi connectivity index (χ0v) is 27.0. The monoisotopic (exact) mass is 614 g/mol. The van der Waals surface area contributed by atoms with Crippen molar-refractivity contribution in [1.82, 2.24) is 20.5 Å². The number of thiazole rings is 1. The van der Waals surface area contributed by atoms with E-state index in [4.69, 9.17) is 4.74 Å². The van der Waals surface area contributed by atoms with Gasteiger partial charge in [-0.1, -0.05) is 51.5 Å². The molecule has 4 atom stereocenters. The molecule has 1 aliphatic heterocycles. The summed E-state index contributed by atoms with van der Waals surface area (Å²) in [6.45, 7) is 11.6. The fourth-order valence-electron chi connectivity index (χ4n) is 5.21. The molecule has 43 heavy (non-hydrogen) atoms. The van der Waals surface area contributed by atoms with Gasteiger partial charge < -0.3 is 25.4 Å². The number of unbranched alkanes of at least 4 members (excludes halogenated alkanes) is 2. The minimum absolute atomic E-state index is 0.0184. The average molecular weight is 615 g/mol. The summed E-state index contributed by atoms with van der Waals surface area (Å²) in [7, 11) is 0. The topological polar surface area (TPSA) is 138 Å². The molecule has 0 unspecified atom stereocenters. The molecular weight excluding hydrogens is 568 g/mol. The molecule has 10 nitrogen and oxygen atoms in total. The molecule has 0 spiro atoms. The van der Waals surface area contributed by atoms with Crippen LogP contribution in [0.5, 0.6) is 0 Å². The van der Waals surface area contributed by atoms with Gasteiger partial charge in [0.1, 0.15) is 12.1 Å². The molecule has 0 radical (unpaired) electrons. The van der Waals surface area contributed by atoms with Gasteiger partial charge >= 0.3 is 5.97 Å². The lowest BCUT2D eigenvalue weighted by Crippen LogP contribution is -2.57. The van der Waals surface area contributed by atoms with Crippen LogP contribution in [0.1, 0.15) is 90.4 Å². The van der Waals surface area contributed by atoms with E-state index >= 15 is 0 Å². The number of nitrogens with one attached hydrogen (secondary N) is 2. The van der Waals surface area contributed by atoms with Gasteiger partial charge in [-0.2, -0.15) is 0 Å². The molecule has 0 saturated carbocycles. The van der Waals surface area contributed by atoms with Crippen molar-refractivity contribution in [2.75, 3.05) is 13.2 Å². The van der Waals surface area contributed by atoms with Gasteiger partial charge in [0.2, 0.25) is 17.7 Å². The van der Waals surface area contributed by atoms with Gasteiger partial charge in [-0.15, -0.1) is 11.3 Å². The third kappa shape index (κ3) is 9.59. The second kappa shape index (κ2) is 15.4. The van der Waals surface area contributed by atoms with Crippen LogP contribution < -0.4 is 10.6 Å². The van der Waals surface area contributed by atoms with E-state index in [1.165, 1.54) is 4.90 Å². The summed E-state index contributed by atoms with van der Waals surface area (Å²) in [5.74, 6) is -1.25. The number of amides is 3. The van der Waals surface area contributed by atoms with Gasteiger partial charge in [0.15, 0.2) is 0 Å². The lowest BCUT2D eigenvalue weighted by molar-refractivity contribution is -0.144. The molecule has 1 fully saturated rings. The van der Waals surface area contributed by atoms with E-state index in [0.29, 0.717) is 32.3 Å². The van der Waals surface area contributed by atoms with Crippen molar-refractivity contribution < 1.29 is 29.0 Å². The van der Waals surface area contributed by atoms with Crippen molar-refractivity contribution in [3.63, 3.8) is 0 Å². The summed E-state index contributed by atoms with van der Waals surface area (Å²) >= 11 is 1.58. The number of ether oxygens (including phenoxy) is 1. The Morgan fingerprint density at radius 1 is 1.09 bits per heavy atom. The highest BCUT2D eigenvalue weighted by Crippen LogP contribution is 2.29. The minimum atomic E-state index is -0.875. The molecule has 1 aromatic carbocycles. The Morgan fingerprint density at radius 2 is 1.77 bits per heavy atom. The highest BCUT2D eigenvalue weighted by atomic mass is 32.1. The van der Waals surface area contributed by atoms with Crippen LogP contribution in [0.15, 0.2) is 29.8 Å². The predicted octanol–water partition coefficient (Wildman–Crippen LogP) is 4.30. The Balaban J connectivity index is 1.60. The highest BCUT2D eigenvalue weighted by molar-refractivity contribution is 7.13. The number of carbonyl (C=O) groups excluding carboxylic acids is 4. The molecule has 2 heterocycles. The summed E-state index contributed by atoms with van der Waals surface area (Å²) in [5, 5.41) is 16.4. The SMILES string of the molecule is CCOC(=O)CCCCCC(=O)N[C@H](C(=O)N1C[C@@H](O)C[C@@H]1C(=O)N[C@@H](C)c1ccc(-c2scnc2C)cc1)C(C)(C)C.